The van der Waals surface area contributed by atoms with Gasteiger partial charge in [0.05, 0.1) is 11.5 Å². The van der Waals surface area contributed by atoms with Gasteiger partial charge in [-0.15, -0.1) is 0 Å². The van der Waals surface area contributed by atoms with Crippen molar-refractivity contribution in [2.75, 3.05) is 32.1 Å². The number of likely N-dealkylation sites (tertiary alicyclic amines) is 1. The molecule has 0 spiro atoms. The lowest BCUT2D eigenvalue weighted by atomic mass is 9.80. The summed E-state index contributed by atoms with van der Waals surface area (Å²) in [5.41, 5.74) is 3.69. The van der Waals surface area contributed by atoms with E-state index in [0.717, 1.165) is 37.2 Å². The maximum Gasteiger partial charge on any atom is 0.238 e. The van der Waals surface area contributed by atoms with Crippen LogP contribution < -0.4 is 10.2 Å². The highest BCUT2D eigenvalue weighted by molar-refractivity contribution is 6.10. The van der Waals surface area contributed by atoms with Gasteiger partial charge in [0, 0.05) is 45.4 Å². The molecule has 0 bridgehead atoms. The summed E-state index contributed by atoms with van der Waals surface area (Å²) in [5.74, 6) is -0.0727. The zero-order valence-electron chi connectivity index (χ0n) is 21.2. The number of fused-ring (bicyclic) bond motifs is 1. The van der Waals surface area contributed by atoms with Crippen molar-refractivity contribution in [3.8, 4) is 0 Å². The first-order valence-corrected chi connectivity index (χ1v) is 12.9. The van der Waals surface area contributed by atoms with E-state index in [4.69, 9.17) is 4.74 Å². The van der Waals surface area contributed by atoms with Crippen molar-refractivity contribution in [1.29, 1.82) is 0 Å². The normalized spacial score (nSPS) is 26.0. The van der Waals surface area contributed by atoms with E-state index in [9.17, 15) is 9.59 Å². The third-order valence-corrected chi connectivity index (χ3v) is 8.63. The highest BCUT2D eigenvalue weighted by Crippen LogP contribution is 2.50. The third-order valence-electron chi connectivity index (χ3n) is 8.63. The van der Waals surface area contributed by atoms with E-state index in [-0.39, 0.29) is 36.4 Å². The van der Waals surface area contributed by atoms with Gasteiger partial charge in [-0.25, -0.2) is 0 Å². The van der Waals surface area contributed by atoms with Crippen molar-refractivity contribution in [2.24, 2.45) is 0 Å². The maximum absolute atomic E-state index is 13.9. The van der Waals surface area contributed by atoms with Crippen LogP contribution in [0.25, 0.3) is 10.8 Å². The van der Waals surface area contributed by atoms with Gasteiger partial charge in [0.15, 0.2) is 0 Å². The number of nitrogens with zero attached hydrogens (tertiary/aromatic N) is 2. The molecule has 3 aromatic carbocycles. The smallest absolute Gasteiger partial charge is 0.238 e. The molecule has 1 aliphatic carbocycles. The number of hydrogen-bond donors (Lipinski definition) is 1. The zero-order chi connectivity index (χ0) is 25.0. The van der Waals surface area contributed by atoms with Crippen molar-refractivity contribution < 1.29 is 14.3 Å². The fourth-order valence-electron chi connectivity index (χ4n) is 6.87. The molecule has 0 radical (unpaired) electrons. The Balaban J connectivity index is 1.26. The molecule has 6 rings (SSSR count). The van der Waals surface area contributed by atoms with Gasteiger partial charge in [-0.2, -0.15) is 0 Å². The Hall–Kier alpha value is -3.22. The number of nitrogens with one attached hydrogen (secondary N) is 1. The summed E-state index contributed by atoms with van der Waals surface area (Å²) in [4.78, 5) is 30.7. The molecule has 3 atom stereocenters. The summed E-state index contributed by atoms with van der Waals surface area (Å²) in [6.45, 7) is 3.69. The molecule has 3 aliphatic rings. The minimum atomic E-state index is -0.836. The average molecular weight is 484 g/mol. The Morgan fingerprint density at radius 3 is 2.42 bits per heavy atom. The van der Waals surface area contributed by atoms with Gasteiger partial charge >= 0.3 is 0 Å². The Morgan fingerprint density at radius 1 is 1.03 bits per heavy atom. The molecule has 2 aliphatic heterocycles. The van der Waals surface area contributed by atoms with E-state index in [1.807, 2.05) is 43.2 Å². The number of amides is 2. The predicted octanol–water partition coefficient (Wildman–Crippen LogP) is 4.49. The van der Waals surface area contributed by atoms with Crippen LogP contribution in [0.3, 0.4) is 0 Å². The second-order valence-corrected chi connectivity index (χ2v) is 10.5. The topological polar surface area (TPSA) is 61.9 Å². The predicted molar refractivity (Wildman–Crippen MR) is 141 cm³/mol. The zero-order valence-corrected chi connectivity index (χ0v) is 21.2. The summed E-state index contributed by atoms with van der Waals surface area (Å²) >= 11 is 0. The van der Waals surface area contributed by atoms with Crippen LogP contribution in [0.15, 0.2) is 60.7 Å². The lowest BCUT2D eigenvalue weighted by molar-refractivity contribution is -0.129. The molecule has 6 heteroatoms. The number of carbonyl (C=O) groups is 2. The monoisotopic (exact) mass is 483 g/mol. The van der Waals surface area contributed by atoms with Gasteiger partial charge in [-0.3, -0.25) is 14.5 Å². The molecule has 3 aromatic rings. The SMILES string of the molecule is CNC(=O)CC1(C)C(=O)N(C2CCN([C@H]3c4cccc5cccc(c45)[C@@H]3OC)CC2)c2ccccc21. The Kier molecular flexibility index (Phi) is 5.61. The summed E-state index contributed by atoms with van der Waals surface area (Å²) in [5, 5.41) is 5.29. The second-order valence-electron chi connectivity index (χ2n) is 10.5. The first kappa shape index (κ1) is 23.2. The summed E-state index contributed by atoms with van der Waals surface area (Å²) < 4.78 is 6.07. The van der Waals surface area contributed by atoms with Crippen molar-refractivity contribution in [2.45, 2.75) is 49.8 Å². The summed E-state index contributed by atoms with van der Waals surface area (Å²) in [6, 6.07) is 21.3. The number of piperidine rings is 1. The fourth-order valence-corrected chi connectivity index (χ4v) is 6.87. The van der Waals surface area contributed by atoms with Crippen LogP contribution in [0.4, 0.5) is 5.69 Å². The Morgan fingerprint density at radius 2 is 1.72 bits per heavy atom. The van der Waals surface area contributed by atoms with E-state index < -0.39 is 5.41 Å². The van der Waals surface area contributed by atoms with Gasteiger partial charge in [0.1, 0.15) is 6.10 Å². The lowest BCUT2D eigenvalue weighted by Gasteiger charge is -2.41. The molecule has 6 nitrogen and oxygen atoms in total. The molecule has 36 heavy (non-hydrogen) atoms. The van der Waals surface area contributed by atoms with E-state index in [0.29, 0.717) is 0 Å². The van der Waals surface area contributed by atoms with Crippen molar-refractivity contribution in [3.63, 3.8) is 0 Å². The van der Waals surface area contributed by atoms with Crippen molar-refractivity contribution >= 4 is 28.3 Å². The van der Waals surface area contributed by atoms with E-state index in [1.54, 1.807) is 7.05 Å². The summed E-state index contributed by atoms with van der Waals surface area (Å²) in [6.07, 6.45) is 1.94. The number of rotatable bonds is 5. The first-order chi connectivity index (χ1) is 17.5. The van der Waals surface area contributed by atoms with Gasteiger partial charge in [0.25, 0.3) is 0 Å². The number of para-hydroxylation sites is 1. The highest BCUT2D eigenvalue weighted by atomic mass is 16.5. The van der Waals surface area contributed by atoms with Gasteiger partial charge in [-0.1, -0.05) is 54.6 Å². The quantitative estimate of drug-likeness (QED) is 0.581. The average Bonchev–Trinajstić information content (AvgIpc) is 3.35. The van der Waals surface area contributed by atoms with Crippen LogP contribution in [0, 0.1) is 0 Å². The Labute approximate surface area is 212 Å². The lowest BCUT2D eigenvalue weighted by Crippen LogP contribution is -2.50. The molecule has 0 saturated carbocycles. The highest BCUT2D eigenvalue weighted by Gasteiger charge is 2.51. The van der Waals surface area contributed by atoms with E-state index in [1.165, 1.54) is 21.9 Å². The second kappa shape index (κ2) is 8.71. The number of methoxy groups -OCH3 is 1. The fraction of sp³-hybridized carbons (Fsp3) is 0.400. The van der Waals surface area contributed by atoms with Crippen molar-refractivity contribution in [3.05, 3.63) is 77.4 Å². The van der Waals surface area contributed by atoms with Crippen LogP contribution >= 0.6 is 0 Å². The molecule has 1 saturated heterocycles. The van der Waals surface area contributed by atoms with Crippen LogP contribution in [-0.2, 0) is 19.7 Å². The molecule has 2 heterocycles. The molecule has 0 aromatic heterocycles. The minimum absolute atomic E-state index is 0.00708. The number of hydrogen-bond acceptors (Lipinski definition) is 4. The van der Waals surface area contributed by atoms with Gasteiger partial charge < -0.3 is 15.0 Å². The van der Waals surface area contributed by atoms with Crippen LogP contribution in [0.1, 0.15) is 55.0 Å². The first-order valence-electron chi connectivity index (χ1n) is 12.9. The molecule has 1 fully saturated rings. The Bertz CT molecular complexity index is 1340. The van der Waals surface area contributed by atoms with E-state index in [2.05, 4.69) is 46.6 Å². The van der Waals surface area contributed by atoms with Crippen LogP contribution in [0.2, 0.25) is 0 Å². The number of ether oxygens (including phenoxy) is 1. The van der Waals surface area contributed by atoms with E-state index >= 15 is 0 Å². The molecular weight excluding hydrogens is 450 g/mol. The van der Waals surface area contributed by atoms with Gasteiger partial charge in [0.2, 0.25) is 11.8 Å². The largest absolute Gasteiger partial charge is 0.375 e. The minimum Gasteiger partial charge on any atom is -0.375 e. The maximum atomic E-state index is 13.9. The molecule has 186 valence electrons. The van der Waals surface area contributed by atoms with Crippen LogP contribution in [0.5, 0.6) is 0 Å². The van der Waals surface area contributed by atoms with Gasteiger partial charge in [-0.05, 0) is 53.3 Å². The van der Waals surface area contributed by atoms with Crippen molar-refractivity contribution in [1.82, 2.24) is 10.2 Å². The number of anilines is 1. The molecule has 2 amide bonds. The standard InChI is InChI=1S/C30H33N3O3/c1-30(18-25(34)31-2)23-12-4-5-13-24(23)33(29(30)35)20-14-16-32(17-15-20)27-21-10-6-8-19-9-7-11-22(26(19)21)28(27)36-3/h4-13,20,27-28H,14-18H2,1-3H3,(H,31,34)/t27-,28-,30?/m0/s1. The number of carbonyl (C=O) groups excluding carboxylic acids is 2. The third kappa shape index (κ3) is 3.31. The summed E-state index contributed by atoms with van der Waals surface area (Å²) in [7, 11) is 3.43. The molecule has 1 N–H and O–H groups in total. The molecular formula is C30H33N3O3. The van der Waals surface area contributed by atoms with Crippen LogP contribution in [-0.4, -0.2) is 50.0 Å². The number of benzene rings is 3. The molecule has 1 unspecified atom stereocenters.